The van der Waals surface area contributed by atoms with Gasteiger partial charge >= 0.3 is 5.97 Å². The van der Waals surface area contributed by atoms with Crippen molar-refractivity contribution in [1.82, 2.24) is 0 Å². The predicted octanol–water partition coefficient (Wildman–Crippen LogP) is 2.42. The third-order valence-electron chi connectivity index (χ3n) is 4.54. The lowest BCUT2D eigenvalue weighted by molar-refractivity contribution is -0.154. The average molecular weight is 349 g/mol. The maximum atomic E-state index is 12.1. The summed E-state index contributed by atoms with van der Waals surface area (Å²) in [7, 11) is 0. The first-order valence-electron chi connectivity index (χ1n) is 9.12. The Labute approximate surface area is 150 Å². The van der Waals surface area contributed by atoms with Gasteiger partial charge in [-0.15, -0.1) is 0 Å². The van der Waals surface area contributed by atoms with Crippen LogP contribution in [0.15, 0.2) is 30.3 Å². The molecule has 1 aliphatic heterocycles. The summed E-state index contributed by atoms with van der Waals surface area (Å²) in [5.74, 6) is 0.323. The predicted molar refractivity (Wildman–Crippen MR) is 97.1 cm³/mol. The Morgan fingerprint density at radius 3 is 2.64 bits per heavy atom. The van der Waals surface area contributed by atoms with Gasteiger partial charge in [0.05, 0.1) is 19.8 Å². The van der Waals surface area contributed by atoms with Gasteiger partial charge in [0.2, 0.25) is 0 Å². The second-order valence-corrected chi connectivity index (χ2v) is 7.33. The number of cyclic esters (lactones) is 1. The van der Waals surface area contributed by atoms with E-state index in [4.69, 9.17) is 19.9 Å². The highest BCUT2D eigenvalue weighted by atomic mass is 16.6. The quantitative estimate of drug-likeness (QED) is 0.799. The van der Waals surface area contributed by atoms with E-state index >= 15 is 0 Å². The highest BCUT2D eigenvalue weighted by Crippen LogP contribution is 2.26. The van der Waals surface area contributed by atoms with Gasteiger partial charge in [-0.2, -0.15) is 0 Å². The molecule has 0 aliphatic carbocycles. The summed E-state index contributed by atoms with van der Waals surface area (Å²) in [6, 6.07) is 9.58. The van der Waals surface area contributed by atoms with Crippen LogP contribution < -0.4 is 5.73 Å². The Bertz CT molecular complexity index is 520. The van der Waals surface area contributed by atoms with E-state index in [1.165, 1.54) is 5.56 Å². The van der Waals surface area contributed by atoms with Crippen LogP contribution in [0.3, 0.4) is 0 Å². The minimum atomic E-state index is -0.727. The highest BCUT2D eigenvalue weighted by molar-refractivity contribution is 5.75. The van der Waals surface area contributed by atoms with Crippen molar-refractivity contribution in [1.29, 1.82) is 0 Å². The molecule has 1 aromatic rings. The van der Waals surface area contributed by atoms with Gasteiger partial charge in [-0.25, -0.2) is 0 Å². The summed E-state index contributed by atoms with van der Waals surface area (Å²) in [4.78, 5) is 12.1. The third kappa shape index (κ3) is 6.42. The van der Waals surface area contributed by atoms with Crippen molar-refractivity contribution < 1.29 is 19.0 Å². The molecule has 0 saturated carbocycles. The molecule has 25 heavy (non-hydrogen) atoms. The largest absolute Gasteiger partial charge is 0.461 e. The Hall–Kier alpha value is -1.43. The maximum absolute atomic E-state index is 12.1. The third-order valence-corrected chi connectivity index (χ3v) is 4.54. The summed E-state index contributed by atoms with van der Waals surface area (Å²) < 4.78 is 17.2. The van der Waals surface area contributed by atoms with Crippen LogP contribution >= 0.6 is 0 Å². The molecule has 1 aromatic carbocycles. The Morgan fingerprint density at radius 2 is 1.96 bits per heavy atom. The molecular formula is C20H31NO4. The van der Waals surface area contributed by atoms with Crippen molar-refractivity contribution in [3.8, 4) is 0 Å². The van der Waals surface area contributed by atoms with E-state index in [-0.39, 0.29) is 24.5 Å². The molecule has 0 bridgehead atoms. The summed E-state index contributed by atoms with van der Waals surface area (Å²) >= 11 is 0. The second-order valence-electron chi connectivity index (χ2n) is 7.33. The first-order chi connectivity index (χ1) is 12.0. The van der Waals surface area contributed by atoms with Crippen LogP contribution in [0.4, 0.5) is 0 Å². The molecule has 4 atom stereocenters. The lowest BCUT2D eigenvalue weighted by atomic mass is 9.84. The fourth-order valence-electron chi connectivity index (χ4n) is 3.12. The minimum Gasteiger partial charge on any atom is -0.461 e. The number of rotatable bonds is 6. The van der Waals surface area contributed by atoms with E-state index in [9.17, 15) is 4.79 Å². The van der Waals surface area contributed by atoms with Crippen LogP contribution in [-0.4, -0.2) is 44.5 Å². The van der Waals surface area contributed by atoms with Gasteiger partial charge in [0.25, 0.3) is 0 Å². The van der Waals surface area contributed by atoms with Crippen LogP contribution in [0, 0.1) is 17.8 Å². The Balaban J connectivity index is 2.14. The van der Waals surface area contributed by atoms with E-state index in [1.54, 1.807) is 0 Å². The van der Waals surface area contributed by atoms with Gasteiger partial charge in [-0.05, 0) is 30.7 Å². The summed E-state index contributed by atoms with van der Waals surface area (Å²) in [5, 5.41) is 0. The van der Waals surface area contributed by atoms with E-state index in [2.05, 4.69) is 26.0 Å². The zero-order valence-corrected chi connectivity index (χ0v) is 15.5. The first-order valence-corrected chi connectivity index (χ1v) is 9.12. The standard InChI is InChI=1S/C20H31NO4/c1-14(2)10-23-12-18-15(3)25-20(22)19(21)13-24-11-17(18)9-16-7-5-4-6-8-16/h4-8,14-15,17-19H,9-13,21H2,1-3H3/t15-,17-,18-,19-/m1/s1. The molecule has 5 nitrogen and oxygen atoms in total. The number of esters is 1. The summed E-state index contributed by atoms with van der Waals surface area (Å²) in [6.45, 7) is 8.14. The van der Waals surface area contributed by atoms with E-state index in [1.807, 2.05) is 25.1 Å². The van der Waals surface area contributed by atoms with Crippen molar-refractivity contribution >= 4 is 5.97 Å². The second kappa shape index (κ2) is 9.90. The van der Waals surface area contributed by atoms with Gasteiger partial charge in [0.1, 0.15) is 12.1 Å². The maximum Gasteiger partial charge on any atom is 0.325 e. The molecule has 2 rings (SSSR count). The molecule has 1 heterocycles. The normalized spacial score (nSPS) is 28.1. The molecule has 1 aliphatic rings. The van der Waals surface area contributed by atoms with Crippen molar-refractivity contribution in [2.45, 2.75) is 39.3 Å². The number of hydrogen-bond acceptors (Lipinski definition) is 5. The van der Waals surface area contributed by atoms with E-state index in [0.717, 1.165) is 6.42 Å². The van der Waals surface area contributed by atoms with Crippen LogP contribution in [0.2, 0.25) is 0 Å². The fraction of sp³-hybridized carbons (Fsp3) is 0.650. The van der Waals surface area contributed by atoms with Crippen LogP contribution in [0.1, 0.15) is 26.3 Å². The van der Waals surface area contributed by atoms with E-state index in [0.29, 0.717) is 25.7 Å². The molecule has 0 unspecified atom stereocenters. The molecular weight excluding hydrogens is 318 g/mol. The molecule has 2 N–H and O–H groups in total. The Morgan fingerprint density at radius 1 is 1.24 bits per heavy atom. The van der Waals surface area contributed by atoms with Gasteiger partial charge in [0, 0.05) is 12.5 Å². The van der Waals surface area contributed by atoms with Gasteiger partial charge in [-0.1, -0.05) is 44.2 Å². The van der Waals surface area contributed by atoms with Crippen LogP contribution in [0.5, 0.6) is 0 Å². The number of carbonyl (C=O) groups excluding carboxylic acids is 1. The molecule has 1 fully saturated rings. The molecule has 140 valence electrons. The zero-order valence-electron chi connectivity index (χ0n) is 15.5. The van der Waals surface area contributed by atoms with Crippen molar-refractivity contribution in [3.05, 3.63) is 35.9 Å². The number of nitrogens with two attached hydrogens (primary N) is 1. The lowest BCUT2D eigenvalue weighted by Crippen LogP contribution is -2.39. The van der Waals surface area contributed by atoms with Crippen molar-refractivity contribution in [2.75, 3.05) is 26.4 Å². The highest BCUT2D eigenvalue weighted by Gasteiger charge is 2.33. The zero-order chi connectivity index (χ0) is 18.2. The average Bonchev–Trinajstić information content (AvgIpc) is 2.61. The number of ether oxygens (including phenoxy) is 3. The minimum absolute atomic E-state index is 0.0632. The van der Waals surface area contributed by atoms with Crippen molar-refractivity contribution in [3.63, 3.8) is 0 Å². The summed E-state index contributed by atoms with van der Waals surface area (Å²) in [6.07, 6.45) is 0.592. The smallest absolute Gasteiger partial charge is 0.325 e. The molecule has 0 aromatic heterocycles. The molecule has 0 spiro atoms. The van der Waals surface area contributed by atoms with Gasteiger partial charge in [-0.3, -0.25) is 4.79 Å². The SMILES string of the molecule is CC(C)COC[C@H]1[C@H](Cc2ccccc2)COC[C@@H](N)C(=O)O[C@@H]1C. The fourth-order valence-corrected chi connectivity index (χ4v) is 3.12. The number of benzene rings is 1. The first kappa shape index (κ1) is 19.9. The number of hydrogen-bond donors (Lipinski definition) is 1. The monoisotopic (exact) mass is 349 g/mol. The Kier molecular flexibility index (Phi) is 7.88. The number of carbonyl (C=O) groups is 1. The molecule has 1 saturated heterocycles. The van der Waals surface area contributed by atoms with E-state index < -0.39 is 12.0 Å². The lowest BCUT2D eigenvalue weighted by Gasteiger charge is -2.31. The van der Waals surface area contributed by atoms with Crippen LogP contribution in [0.25, 0.3) is 0 Å². The van der Waals surface area contributed by atoms with Gasteiger partial charge < -0.3 is 19.9 Å². The molecule has 0 radical (unpaired) electrons. The summed E-state index contributed by atoms with van der Waals surface area (Å²) in [5.41, 5.74) is 7.07. The van der Waals surface area contributed by atoms with Crippen LogP contribution in [-0.2, 0) is 25.4 Å². The van der Waals surface area contributed by atoms with Gasteiger partial charge in [0.15, 0.2) is 0 Å². The van der Waals surface area contributed by atoms with Crippen molar-refractivity contribution in [2.24, 2.45) is 23.5 Å². The molecule has 0 amide bonds. The topological polar surface area (TPSA) is 70.8 Å². The molecule has 5 heteroatoms.